The van der Waals surface area contributed by atoms with Crippen LogP contribution in [0, 0.1) is 6.92 Å². The number of guanidine groups is 1. The number of nitrogens with one attached hydrogen (secondary N) is 2. The Morgan fingerprint density at radius 3 is 2.91 bits per heavy atom. The fourth-order valence-corrected chi connectivity index (χ4v) is 4.37. The zero-order chi connectivity index (χ0) is 16.1. The van der Waals surface area contributed by atoms with Gasteiger partial charge in [-0.15, -0.1) is 11.3 Å². The Morgan fingerprint density at radius 2 is 2.22 bits per heavy atom. The molecule has 2 N–H and O–H groups in total. The predicted molar refractivity (Wildman–Crippen MR) is 97.3 cm³/mol. The summed E-state index contributed by atoms with van der Waals surface area (Å²) in [5.74, 6) is 0.926. The first-order chi connectivity index (χ1) is 11.2. The summed E-state index contributed by atoms with van der Waals surface area (Å²) in [6.45, 7) is 5.33. The second-order valence-electron chi connectivity index (χ2n) is 6.67. The van der Waals surface area contributed by atoms with E-state index >= 15 is 0 Å². The Kier molecular flexibility index (Phi) is 5.89. The summed E-state index contributed by atoms with van der Waals surface area (Å²) in [6, 6.07) is 1.37. The Balaban J connectivity index is 1.39. The largest absolute Gasteiger partial charge is 0.356 e. The molecule has 1 atom stereocenters. The van der Waals surface area contributed by atoms with Crippen LogP contribution in [0.5, 0.6) is 0 Å². The van der Waals surface area contributed by atoms with Gasteiger partial charge in [-0.05, 0) is 26.2 Å². The molecule has 0 radical (unpaired) electrons. The van der Waals surface area contributed by atoms with Crippen LogP contribution in [0.4, 0.5) is 0 Å². The summed E-state index contributed by atoms with van der Waals surface area (Å²) in [5.41, 5.74) is 1.17. The minimum absolute atomic E-state index is 0.531. The van der Waals surface area contributed by atoms with E-state index in [1.54, 1.807) is 11.3 Å². The van der Waals surface area contributed by atoms with Crippen molar-refractivity contribution < 1.29 is 0 Å². The van der Waals surface area contributed by atoms with Crippen LogP contribution in [-0.4, -0.2) is 54.6 Å². The molecule has 1 aliphatic heterocycles. The summed E-state index contributed by atoms with van der Waals surface area (Å²) < 4.78 is 0. The third kappa shape index (κ3) is 4.67. The summed E-state index contributed by atoms with van der Waals surface area (Å²) >= 11 is 1.72. The quantitative estimate of drug-likeness (QED) is 0.640. The number of aryl methyl sites for hydroxylation is 1. The van der Waals surface area contributed by atoms with Gasteiger partial charge < -0.3 is 10.6 Å². The molecule has 1 saturated carbocycles. The number of likely N-dealkylation sites (tertiary alicyclic amines) is 1. The van der Waals surface area contributed by atoms with Crippen LogP contribution in [0.2, 0.25) is 0 Å². The minimum atomic E-state index is 0.531. The van der Waals surface area contributed by atoms with Crippen molar-refractivity contribution in [1.29, 1.82) is 0 Å². The predicted octanol–water partition coefficient (Wildman–Crippen LogP) is 2.18. The number of nitrogens with zero attached hydrogens (tertiary/aromatic N) is 3. The topological polar surface area (TPSA) is 52.6 Å². The highest BCUT2D eigenvalue weighted by Crippen LogP contribution is 2.26. The van der Waals surface area contributed by atoms with Gasteiger partial charge in [0, 0.05) is 50.6 Å². The van der Waals surface area contributed by atoms with Crippen molar-refractivity contribution in [3.8, 4) is 0 Å². The Hall–Kier alpha value is -1.14. The minimum Gasteiger partial charge on any atom is -0.356 e. The maximum Gasteiger partial charge on any atom is 0.191 e. The van der Waals surface area contributed by atoms with Gasteiger partial charge in [-0.3, -0.25) is 9.89 Å². The lowest BCUT2D eigenvalue weighted by Crippen LogP contribution is -2.45. The summed E-state index contributed by atoms with van der Waals surface area (Å²) in [5, 5.41) is 10.3. The molecule has 1 aromatic heterocycles. The molecule has 0 aromatic carbocycles. The van der Waals surface area contributed by atoms with Crippen molar-refractivity contribution in [1.82, 2.24) is 20.5 Å². The molecule has 2 fully saturated rings. The van der Waals surface area contributed by atoms with E-state index in [4.69, 9.17) is 0 Å². The van der Waals surface area contributed by atoms with E-state index in [-0.39, 0.29) is 0 Å². The van der Waals surface area contributed by atoms with Gasteiger partial charge in [0.15, 0.2) is 5.96 Å². The van der Waals surface area contributed by atoms with Crippen LogP contribution in [0.25, 0.3) is 0 Å². The fourth-order valence-electron chi connectivity index (χ4n) is 3.73. The number of hydrogen-bond donors (Lipinski definition) is 2. The van der Waals surface area contributed by atoms with Crippen LogP contribution in [0.3, 0.4) is 0 Å². The molecule has 0 amide bonds. The Bertz CT molecular complexity index is 521. The van der Waals surface area contributed by atoms with Crippen molar-refractivity contribution in [2.24, 2.45) is 4.99 Å². The zero-order valence-corrected chi connectivity index (χ0v) is 15.2. The third-order valence-corrected chi connectivity index (χ3v) is 5.79. The number of rotatable bonds is 5. The van der Waals surface area contributed by atoms with E-state index in [2.05, 4.69) is 37.8 Å². The molecule has 1 aliphatic carbocycles. The maximum atomic E-state index is 4.50. The smallest absolute Gasteiger partial charge is 0.191 e. The average molecular weight is 336 g/mol. The van der Waals surface area contributed by atoms with Gasteiger partial charge in [0.1, 0.15) is 0 Å². The summed E-state index contributed by atoms with van der Waals surface area (Å²) in [7, 11) is 1.85. The Morgan fingerprint density at radius 1 is 1.39 bits per heavy atom. The van der Waals surface area contributed by atoms with Gasteiger partial charge in [-0.1, -0.05) is 12.8 Å². The highest BCUT2D eigenvalue weighted by molar-refractivity contribution is 7.09. The molecular formula is C17H29N5S. The summed E-state index contributed by atoms with van der Waals surface area (Å²) in [6.07, 6.45) is 7.79. The van der Waals surface area contributed by atoms with Crippen LogP contribution in [0.1, 0.15) is 42.8 Å². The highest BCUT2D eigenvalue weighted by atomic mass is 32.1. The van der Waals surface area contributed by atoms with Crippen molar-refractivity contribution >= 4 is 17.3 Å². The number of aliphatic imine (C=N–C) groups is 1. The average Bonchev–Trinajstić information content (AvgIpc) is 3.27. The molecule has 2 heterocycles. The molecule has 0 spiro atoms. The molecule has 2 aliphatic rings. The molecule has 5 nitrogen and oxygen atoms in total. The number of aromatic nitrogens is 1. The van der Waals surface area contributed by atoms with Crippen molar-refractivity contribution in [3.63, 3.8) is 0 Å². The van der Waals surface area contributed by atoms with Crippen LogP contribution < -0.4 is 10.6 Å². The SMILES string of the molecule is CN=C(NCCc1csc(C)n1)NC1CCN(C2CCCC2)C1. The molecule has 1 unspecified atom stereocenters. The van der Waals surface area contributed by atoms with Gasteiger partial charge in [0.25, 0.3) is 0 Å². The molecule has 1 saturated heterocycles. The molecule has 6 heteroatoms. The lowest BCUT2D eigenvalue weighted by Gasteiger charge is -2.24. The van der Waals surface area contributed by atoms with Crippen molar-refractivity contribution in [3.05, 3.63) is 16.1 Å². The third-order valence-electron chi connectivity index (χ3n) is 4.97. The van der Waals surface area contributed by atoms with E-state index in [0.29, 0.717) is 6.04 Å². The lowest BCUT2D eigenvalue weighted by molar-refractivity contribution is 0.242. The van der Waals surface area contributed by atoms with E-state index in [0.717, 1.165) is 36.5 Å². The second-order valence-corrected chi connectivity index (χ2v) is 7.73. The molecule has 23 heavy (non-hydrogen) atoms. The lowest BCUT2D eigenvalue weighted by atomic mass is 10.2. The molecule has 0 bridgehead atoms. The molecular weight excluding hydrogens is 306 g/mol. The summed E-state index contributed by atoms with van der Waals surface area (Å²) in [4.78, 5) is 11.5. The highest BCUT2D eigenvalue weighted by Gasteiger charge is 2.30. The first-order valence-corrected chi connectivity index (χ1v) is 9.75. The van der Waals surface area contributed by atoms with Gasteiger partial charge in [0.05, 0.1) is 10.7 Å². The second kappa shape index (κ2) is 8.11. The van der Waals surface area contributed by atoms with Crippen LogP contribution >= 0.6 is 11.3 Å². The monoisotopic (exact) mass is 335 g/mol. The maximum absolute atomic E-state index is 4.50. The molecule has 1 aromatic rings. The van der Waals surface area contributed by atoms with Crippen LogP contribution in [-0.2, 0) is 6.42 Å². The van der Waals surface area contributed by atoms with Crippen molar-refractivity contribution in [2.75, 3.05) is 26.7 Å². The van der Waals surface area contributed by atoms with E-state index in [1.807, 2.05) is 7.05 Å². The van der Waals surface area contributed by atoms with Gasteiger partial charge in [-0.2, -0.15) is 0 Å². The van der Waals surface area contributed by atoms with E-state index in [9.17, 15) is 0 Å². The van der Waals surface area contributed by atoms with Crippen molar-refractivity contribution in [2.45, 2.75) is 57.5 Å². The van der Waals surface area contributed by atoms with Crippen LogP contribution in [0.15, 0.2) is 10.4 Å². The standard InChI is InChI=1S/C17H29N5S/c1-13-20-15(12-23-13)7-9-19-17(18-2)21-14-8-10-22(11-14)16-5-3-4-6-16/h12,14,16H,3-11H2,1-2H3,(H2,18,19,21). The first kappa shape index (κ1) is 16.7. The van der Waals surface area contributed by atoms with E-state index < -0.39 is 0 Å². The number of thiazole rings is 1. The number of hydrogen-bond acceptors (Lipinski definition) is 4. The molecule has 128 valence electrons. The fraction of sp³-hybridized carbons (Fsp3) is 0.765. The normalized spacial score (nSPS) is 23.6. The van der Waals surface area contributed by atoms with Gasteiger partial charge in [-0.25, -0.2) is 4.98 Å². The first-order valence-electron chi connectivity index (χ1n) is 8.87. The van der Waals surface area contributed by atoms with Gasteiger partial charge >= 0.3 is 0 Å². The Labute approximate surface area is 143 Å². The van der Waals surface area contributed by atoms with E-state index in [1.165, 1.54) is 44.3 Å². The van der Waals surface area contributed by atoms with Gasteiger partial charge in [0.2, 0.25) is 0 Å². The zero-order valence-electron chi connectivity index (χ0n) is 14.3. The molecule has 3 rings (SSSR count).